The van der Waals surface area contributed by atoms with E-state index < -0.39 is 0 Å². The van der Waals surface area contributed by atoms with E-state index in [2.05, 4.69) is 11.1 Å². The van der Waals surface area contributed by atoms with E-state index in [9.17, 15) is 4.79 Å². The Hall–Kier alpha value is -2.08. The first kappa shape index (κ1) is 15.8. The number of carbonyl (C=O) groups excluding carboxylic acids is 1. The fourth-order valence-corrected chi connectivity index (χ4v) is 3.99. The minimum Gasteiger partial charge on any atom is -0.497 e. The minimum atomic E-state index is 0.0429. The minimum absolute atomic E-state index is 0.0429. The Kier molecular flexibility index (Phi) is 4.52. The molecule has 6 heteroatoms. The predicted octanol–water partition coefficient (Wildman–Crippen LogP) is 3.27. The van der Waals surface area contributed by atoms with E-state index >= 15 is 0 Å². The summed E-state index contributed by atoms with van der Waals surface area (Å²) in [6.45, 7) is 2.76. The van der Waals surface area contributed by atoms with E-state index in [0.29, 0.717) is 16.4 Å². The molecule has 23 heavy (non-hydrogen) atoms. The second-order valence-electron chi connectivity index (χ2n) is 5.61. The SMILES string of the molecule is CCc1nc(N)sc1C(=O)N1CCC[C@H]1c1cccc(OC)c1. The first-order valence-electron chi connectivity index (χ1n) is 7.84. The zero-order valence-corrected chi connectivity index (χ0v) is 14.2. The highest BCUT2D eigenvalue weighted by Crippen LogP contribution is 2.36. The van der Waals surface area contributed by atoms with Gasteiger partial charge in [0, 0.05) is 6.54 Å². The number of nitrogen functional groups attached to an aromatic ring is 1. The molecule has 5 nitrogen and oxygen atoms in total. The van der Waals surface area contributed by atoms with Crippen LogP contribution in [0.2, 0.25) is 0 Å². The first-order valence-corrected chi connectivity index (χ1v) is 8.65. The van der Waals surface area contributed by atoms with Crippen LogP contribution in [0.4, 0.5) is 5.13 Å². The van der Waals surface area contributed by atoms with Crippen molar-refractivity contribution in [1.29, 1.82) is 0 Å². The molecule has 1 amide bonds. The lowest BCUT2D eigenvalue weighted by atomic mass is 10.0. The molecule has 0 aliphatic carbocycles. The van der Waals surface area contributed by atoms with Crippen molar-refractivity contribution in [3.05, 3.63) is 40.4 Å². The van der Waals surface area contributed by atoms with Crippen LogP contribution in [0, 0.1) is 0 Å². The van der Waals surface area contributed by atoms with Gasteiger partial charge in [0.2, 0.25) is 0 Å². The number of rotatable bonds is 4. The Morgan fingerprint density at radius 2 is 2.35 bits per heavy atom. The number of aryl methyl sites for hydroxylation is 1. The fraction of sp³-hybridized carbons (Fsp3) is 0.412. The molecule has 0 spiro atoms. The summed E-state index contributed by atoms with van der Waals surface area (Å²) in [5.41, 5.74) is 7.71. The molecular formula is C17H21N3O2S. The van der Waals surface area contributed by atoms with Crippen molar-refractivity contribution in [2.45, 2.75) is 32.2 Å². The average Bonchev–Trinajstić information content (AvgIpc) is 3.20. The van der Waals surface area contributed by atoms with Gasteiger partial charge in [-0.2, -0.15) is 0 Å². The largest absolute Gasteiger partial charge is 0.497 e. The smallest absolute Gasteiger partial charge is 0.266 e. The predicted molar refractivity (Wildman–Crippen MR) is 91.9 cm³/mol. The van der Waals surface area contributed by atoms with E-state index in [-0.39, 0.29) is 11.9 Å². The Morgan fingerprint density at radius 1 is 1.52 bits per heavy atom. The number of thiazole rings is 1. The topological polar surface area (TPSA) is 68.5 Å². The molecule has 0 saturated carbocycles. The van der Waals surface area contributed by atoms with Crippen molar-refractivity contribution < 1.29 is 9.53 Å². The maximum absolute atomic E-state index is 13.0. The summed E-state index contributed by atoms with van der Waals surface area (Å²) in [6, 6.07) is 8.05. The second-order valence-corrected chi connectivity index (χ2v) is 6.65. The van der Waals surface area contributed by atoms with Crippen LogP contribution in [0.3, 0.4) is 0 Å². The van der Waals surface area contributed by atoms with Crippen LogP contribution in [0.5, 0.6) is 5.75 Å². The number of hydrogen-bond donors (Lipinski definition) is 1. The monoisotopic (exact) mass is 331 g/mol. The van der Waals surface area contributed by atoms with Crippen LogP contribution in [0.1, 0.15) is 46.7 Å². The number of nitrogens with zero attached hydrogens (tertiary/aromatic N) is 2. The second kappa shape index (κ2) is 6.58. The number of benzene rings is 1. The lowest BCUT2D eigenvalue weighted by Crippen LogP contribution is -2.30. The number of carbonyl (C=O) groups is 1. The van der Waals surface area contributed by atoms with Gasteiger partial charge in [0.25, 0.3) is 5.91 Å². The van der Waals surface area contributed by atoms with Gasteiger partial charge in [-0.05, 0) is 37.0 Å². The first-order chi connectivity index (χ1) is 11.1. The van der Waals surface area contributed by atoms with Crippen LogP contribution < -0.4 is 10.5 Å². The van der Waals surface area contributed by atoms with Gasteiger partial charge in [0.1, 0.15) is 10.6 Å². The summed E-state index contributed by atoms with van der Waals surface area (Å²) in [4.78, 5) is 19.9. The van der Waals surface area contributed by atoms with Crippen molar-refractivity contribution in [2.75, 3.05) is 19.4 Å². The van der Waals surface area contributed by atoms with Crippen LogP contribution >= 0.6 is 11.3 Å². The van der Waals surface area contributed by atoms with Crippen molar-refractivity contribution in [2.24, 2.45) is 0 Å². The Labute approximate surface area is 140 Å². The molecule has 1 atom stereocenters. The van der Waals surface area contributed by atoms with Gasteiger partial charge in [0.15, 0.2) is 5.13 Å². The quantitative estimate of drug-likeness (QED) is 0.933. The number of nitrogens with two attached hydrogens (primary N) is 1. The highest BCUT2D eigenvalue weighted by atomic mass is 32.1. The van der Waals surface area contributed by atoms with Crippen molar-refractivity contribution in [1.82, 2.24) is 9.88 Å². The summed E-state index contributed by atoms with van der Waals surface area (Å²) >= 11 is 1.29. The van der Waals surface area contributed by atoms with Gasteiger partial charge in [-0.3, -0.25) is 4.79 Å². The van der Waals surface area contributed by atoms with E-state index in [1.807, 2.05) is 30.0 Å². The van der Waals surface area contributed by atoms with Gasteiger partial charge >= 0.3 is 0 Å². The number of hydrogen-bond acceptors (Lipinski definition) is 5. The number of anilines is 1. The molecule has 2 aromatic rings. The van der Waals surface area contributed by atoms with Crippen LogP contribution in [0.15, 0.2) is 24.3 Å². The van der Waals surface area contributed by atoms with Crippen molar-refractivity contribution in [3.8, 4) is 5.75 Å². The van der Waals surface area contributed by atoms with E-state index in [4.69, 9.17) is 10.5 Å². The lowest BCUT2D eigenvalue weighted by Gasteiger charge is -2.25. The van der Waals surface area contributed by atoms with Crippen LogP contribution in [0.25, 0.3) is 0 Å². The highest BCUT2D eigenvalue weighted by molar-refractivity contribution is 7.17. The molecule has 0 radical (unpaired) electrons. The molecule has 2 heterocycles. The number of likely N-dealkylation sites (tertiary alicyclic amines) is 1. The van der Waals surface area contributed by atoms with Gasteiger partial charge in [-0.25, -0.2) is 4.98 Å². The van der Waals surface area contributed by atoms with Gasteiger partial charge in [-0.1, -0.05) is 30.4 Å². The molecule has 1 aromatic heterocycles. The molecule has 0 bridgehead atoms. The van der Waals surface area contributed by atoms with Gasteiger partial charge in [0.05, 0.1) is 18.8 Å². The zero-order chi connectivity index (χ0) is 16.4. The average molecular weight is 331 g/mol. The molecule has 3 rings (SSSR count). The number of amides is 1. The van der Waals surface area contributed by atoms with E-state index in [0.717, 1.165) is 36.4 Å². The number of aromatic nitrogens is 1. The Bertz CT molecular complexity index is 714. The summed E-state index contributed by atoms with van der Waals surface area (Å²) in [7, 11) is 1.66. The van der Waals surface area contributed by atoms with Crippen molar-refractivity contribution in [3.63, 3.8) is 0 Å². The number of ether oxygens (including phenoxy) is 1. The standard InChI is InChI=1S/C17H21N3O2S/c1-3-13-15(23-17(18)19-13)16(21)20-9-5-8-14(20)11-6-4-7-12(10-11)22-2/h4,6-7,10,14H,3,5,8-9H2,1-2H3,(H2,18,19)/t14-/m0/s1. The molecule has 1 aliphatic rings. The normalized spacial score (nSPS) is 17.5. The molecule has 122 valence electrons. The third-order valence-electron chi connectivity index (χ3n) is 4.24. The third kappa shape index (κ3) is 3.03. The molecule has 1 aromatic carbocycles. The third-order valence-corrected chi connectivity index (χ3v) is 5.15. The van der Waals surface area contributed by atoms with E-state index in [1.54, 1.807) is 7.11 Å². The van der Waals surface area contributed by atoms with E-state index in [1.165, 1.54) is 11.3 Å². The maximum atomic E-state index is 13.0. The molecule has 1 saturated heterocycles. The molecule has 2 N–H and O–H groups in total. The number of methoxy groups -OCH3 is 1. The maximum Gasteiger partial charge on any atom is 0.266 e. The zero-order valence-electron chi connectivity index (χ0n) is 13.4. The van der Waals surface area contributed by atoms with Gasteiger partial charge < -0.3 is 15.4 Å². The summed E-state index contributed by atoms with van der Waals surface area (Å²) in [5.74, 6) is 0.861. The molecular weight excluding hydrogens is 310 g/mol. The molecule has 0 unspecified atom stereocenters. The van der Waals surface area contributed by atoms with Crippen molar-refractivity contribution >= 4 is 22.4 Å². The Morgan fingerprint density at radius 3 is 3.09 bits per heavy atom. The highest BCUT2D eigenvalue weighted by Gasteiger charge is 2.32. The van der Waals surface area contributed by atoms with Crippen LogP contribution in [-0.2, 0) is 6.42 Å². The molecule has 1 aliphatic heterocycles. The molecule has 1 fully saturated rings. The summed E-state index contributed by atoms with van der Waals surface area (Å²) < 4.78 is 5.31. The summed E-state index contributed by atoms with van der Waals surface area (Å²) in [6.07, 6.45) is 2.68. The lowest BCUT2D eigenvalue weighted by molar-refractivity contribution is 0.0739. The fourth-order valence-electron chi connectivity index (χ4n) is 3.11. The Balaban J connectivity index is 1.90. The summed E-state index contributed by atoms with van der Waals surface area (Å²) in [5, 5.41) is 0.460. The van der Waals surface area contributed by atoms with Crippen LogP contribution in [-0.4, -0.2) is 29.4 Å². The van der Waals surface area contributed by atoms with Gasteiger partial charge in [-0.15, -0.1) is 0 Å².